The molecule has 0 atom stereocenters. The van der Waals surface area contributed by atoms with Crippen molar-refractivity contribution in [2.24, 2.45) is 4.99 Å². The quantitative estimate of drug-likeness (QED) is 0.388. The van der Waals surface area contributed by atoms with Crippen LogP contribution in [0.5, 0.6) is 11.5 Å². The Bertz CT molecular complexity index is 1050. The van der Waals surface area contributed by atoms with Gasteiger partial charge in [0.1, 0.15) is 16.4 Å². The number of aliphatic imine (C=N–C) groups is 1. The molecule has 1 aliphatic rings. The van der Waals surface area contributed by atoms with Gasteiger partial charge in [-0.15, -0.1) is 0 Å². The highest BCUT2D eigenvalue weighted by Crippen LogP contribution is 2.41. The molecule has 0 aliphatic carbocycles. The summed E-state index contributed by atoms with van der Waals surface area (Å²) in [6, 6.07) is 13.0. The molecule has 0 radical (unpaired) electrons. The lowest BCUT2D eigenvalue weighted by Crippen LogP contribution is -2.12. The van der Waals surface area contributed by atoms with Crippen molar-refractivity contribution in [3.8, 4) is 11.5 Å². The third-order valence-corrected chi connectivity index (χ3v) is 5.93. The molecule has 0 aromatic heterocycles. The highest BCUT2D eigenvalue weighted by Gasteiger charge is 2.33. The van der Waals surface area contributed by atoms with Crippen molar-refractivity contribution in [1.29, 1.82) is 0 Å². The Labute approximate surface area is 192 Å². The van der Waals surface area contributed by atoms with E-state index in [0.717, 1.165) is 9.13 Å². The summed E-state index contributed by atoms with van der Waals surface area (Å²) in [5.41, 5.74) is 1.53. The van der Waals surface area contributed by atoms with Gasteiger partial charge < -0.3 is 19.3 Å². The fraction of sp³-hybridized carbons (Fsp3) is 0.182. The third kappa shape index (κ3) is 4.81. The average Bonchev–Trinajstić information content (AvgIpc) is 3.03. The number of thioether (sulfide) groups is 1. The first kappa shape index (κ1) is 22.2. The molecular weight excluding hydrogens is 517 g/mol. The van der Waals surface area contributed by atoms with Crippen molar-refractivity contribution in [2.45, 2.75) is 6.92 Å². The van der Waals surface area contributed by atoms with Gasteiger partial charge in [0.05, 0.1) is 35.0 Å². The summed E-state index contributed by atoms with van der Waals surface area (Å²) in [7, 11) is 3.15. The largest absolute Gasteiger partial charge is 0.506 e. The van der Waals surface area contributed by atoms with Crippen LogP contribution in [0.2, 0.25) is 0 Å². The first-order chi connectivity index (χ1) is 14.5. The van der Waals surface area contributed by atoms with Crippen LogP contribution < -0.4 is 9.47 Å². The zero-order chi connectivity index (χ0) is 21.7. The van der Waals surface area contributed by atoms with Crippen LogP contribution in [0.3, 0.4) is 0 Å². The lowest BCUT2D eigenvalue weighted by molar-refractivity contribution is -0.138. The second-order valence-corrected chi connectivity index (χ2v) is 8.24. The maximum absolute atomic E-state index is 12.5. The van der Waals surface area contributed by atoms with E-state index in [1.54, 1.807) is 33.3 Å². The number of methoxy groups -OCH3 is 2. The van der Waals surface area contributed by atoms with E-state index in [1.165, 1.54) is 11.8 Å². The van der Waals surface area contributed by atoms with Gasteiger partial charge >= 0.3 is 5.97 Å². The van der Waals surface area contributed by atoms with Crippen molar-refractivity contribution in [1.82, 2.24) is 0 Å². The topological polar surface area (TPSA) is 77.4 Å². The van der Waals surface area contributed by atoms with Gasteiger partial charge in [-0.3, -0.25) is 0 Å². The standard InChI is InChI=1S/C22H20INO5S/c1-4-29-22(26)18-19(25)17(30-21(18)24-14-8-6-5-7-9-14)12-13-10-15(23)20(28-3)16(11-13)27-2/h5-12,25H,4H2,1-3H3/b17-12-,24-21?. The molecule has 0 unspecified atom stereocenters. The lowest BCUT2D eigenvalue weighted by Gasteiger charge is -2.10. The molecule has 2 aromatic carbocycles. The summed E-state index contributed by atoms with van der Waals surface area (Å²) in [5.74, 6) is 0.449. The SMILES string of the molecule is CCOC(=O)C1=C(O)/C(=C/c2cc(I)c(OC)c(OC)c2)SC1=Nc1ccccc1. The van der Waals surface area contributed by atoms with E-state index < -0.39 is 5.97 Å². The zero-order valence-electron chi connectivity index (χ0n) is 16.6. The van der Waals surface area contributed by atoms with E-state index >= 15 is 0 Å². The predicted molar refractivity (Wildman–Crippen MR) is 128 cm³/mol. The smallest absolute Gasteiger partial charge is 0.344 e. The summed E-state index contributed by atoms with van der Waals surface area (Å²) in [5, 5.41) is 11.2. The number of aliphatic hydroxyl groups excluding tert-OH is 1. The molecule has 0 saturated heterocycles. The molecule has 8 heteroatoms. The molecule has 1 N–H and O–H groups in total. The van der Waals surface area contributed by atoms with Gasteiger partial charge in [0, 0.05) is 0 Å². The number of benzene rings is 2. The normalized spacial score (nSPS) is 16.3. The number of carbonyl (C=O) groups is 1. The van der Waals surface area contributed by atoms with Crippen LogP contribution in [0.15, 0.2) is 63.7 Å². The van der Waals surface area contributed by atoms with Crippen molar-refractivity contribution in [3.05, 3.63) is 67.8 Å². The van der Waals surface area contributed by atoms with Gasteiger partial charge in [-0.25, -0.2) is 9.79 Å². The van der Waals surface area contributed by atoms with Crippen LogP contribution in [0.1, 0.15) is 12.5 Å². The number of aliphatic hydroxyl groups is 1. The van der Waals surface area contributed by atoms with E-state index in [9.17, 15) is 9.90 Å². The molecule has 2 aromatic rings. The maximum Gasteiger partial charge on any atom is 0.344 e. The van der Waals surface area contributed by atoms with Crippen molar-refractivity contribution < 1.29 is 24.1 Å². The molecule has 156 valence electrons. The molecule has 0 saturated carbocycles. The van der Waals surface area contributed by atoms with E-state index in [-0.39, 0.29) is 17.9 Å². The lowest BCUT2D eigenvalue weighted by atomic mass is 10.1. The van der Waals surface area contributed by atoms with Crippen molar-refractivity contribution >= 4 is 57.1 Å². The van der Waals surface area contributed by atoms with E-state index in [1.807, 2.05) is 36.4 Å². The van der Waals surface area contributed by atoms with Crippen LogP contribution in [0.25, 0.3) is 6.08 Å². The fourth-order valence-corrected chi connectivity index (χ4v) is 4.66. The summed E-state index contributed by atoms with van der Waals surface area (Å²) in [4.78, 5) is 17.5. The van der Waals surface area contributed by atoms with Crippen LogP contribution in [-0.4, -0.2) is 36.9 Å². The van der Waals surface area contributed by atoms with Crippen LogP contribution in [-0.2, 0) is 9.53 Å². The Morgan fingerprint density at radius 1 is 1.20 bits per heavy atom. The van der Waals surface area contributed by atoms with Crippen molar-refractivity contribution in [2.75, 3.05) is 20.8 Å². The second-order valence-electron chi connectivity index (χ2n) is 6.05. The molecule has 1 heterocycles. The monoisotopic (exact) mass is 537 g/mol. The number of rotatable bonds is 6. The summed E-state index contributed by atoms with van der Waals surface area (Å²) < 4.78 is 16.8. The minimum Gasteiger partial charge on any atom is -0.506 e. The molecule has 0 spiro atoms. The van der Waals surface area contributed by atoms with Gasteiger partial charge in [0.25, 0.3) is 0 Å². The summed E-state index contributed by atoms with van der Waals surface area (Å²) in [6.07, 6.45) is 1.77. The summed E-state index contributed by atoms with van der Waals surface area (Å²) >= 11 is 3.37. The number of carbonyl (C=O) groups excluding carboxylic acids is 1. The Morgan fingerprint density at radius 2 is 1.93 bits per heavy atom. The van der Waals surface area contributed by atoms with Gasteiger partial charge in [0.2, 0.25) is 0 Å². The molecule has 3 rings (SSSR count). The molecule has 6 nitrogen and oxygen atoms in total. The highest BCUT2D eigenvalue weighted by molar-refractivity contribution is 14.1. The Balaban J connectivity index is 2.07. The Morgan fingerprint density at radius 3 is 2.57 bits per heavy atom. The van der Waals surface area contributed by atoms with E-state index in [2.05, 4.69) is 27.6 Å². The van der Waals surface area contributed by atoms with Crippen LogP contribution in [0, 0.1) is 3.57 Å². The van der Waals surface area contributed by atoms with Crippen molar-refractivity contribution in [3.63, 3.8) is 0 Å². The maximum atomic E-state index is 12.5. The minimum absolute atomic E-state index is 0.0622. The fourth-order valence-electron chi connectivity index (χ4n) is 2.78. The highest BCUT2D eigenvalue weighted by atomic mass is 127. The Hall–Kier alpha value is -2.46. The number of hydrogen-bond donors (Lipinski definition) is 1. The average molecular weight is 537 g/mol. The molecule has 0 fully saturated rings. The zero-order valence-corrected chi connectivity index (χ0v) is 19.6. The number of esters is 1. The third-order valence-electron chi connectivity index (χ3n) is 4.11. The first-order valence-corrected chi connectivity index (χ1v) is 10.9. The first-order valence-electron chi connectivity index (χ1n) is 9.04. The molecule has 1 aliphatic heterocycles. The summed E-state index contributed by atoms with van der Waals surface area (Å²) in [6.45, 7) is 1.92. The molecular formula is C22H20INO5S. The number of ether oxygens (including phenoxy) is 3. The van der Waals surface area contributed by atoms with Crippen LogP contribution in [0.4, 0.5) is 5.69 Å². The number of nitrogens with zero attached hydrogens (tertiary/aromatic N) is 1. The number of halogens is 1. The number of para-hydroxylation sites is 1. The predicted octanol–water partition coefficient (Wildman–Crippen LogP) is 5.50. The van der Waals surface area contributed by atoms with Gasteiger partial charge in [0.15, 0.2) is 11.5 Å². The van der Waals surface area contributed by atoms with Gasteiger partial charge in [-0.1, -0.05) is 30.0 Å². The van der Waals surface area contributed by atoms with Gasteiger partial charge in [-0.05, 0) is 65.4 Å². The molecule has 0 bridgehead atoms. The number of hydrogen-bond acceptors (Lipinski definition) is 7. The van der Waals surface area contributed by atoms with Gasteiger partial charge in [-0.2, -0.15) is 0 Å². The molecule has 30 heavy (non-hydrogen) atoms. The van der Waals surface area contributed by atoms with Crippen LogP contribution >= 0.6 is 34.4 Å². The minimum atomic E-state index is -0.609. The Kier molecular flexibility index (Phi) is 7.43. The van der Waals surface area contributed by atoms with E-state index in [0.29, 0.717) is 27.1 Å². The molecule has 0 amide bonds. The van der Waals surface area contributed by atoms with E-state index in [4.69, 9.17) is 14.2 Å². The second kappa shape index (κ2) is 10.0.